The molecule has 0 spiro atoms. The van der Waals surface area contributed by atoms with Crippen LogP contribution in [0.2, 0.25) is 15.1 Å². The van der Waals surface area contributed by atoms with Gasteiger partial charge < -0.3 is 10.5 Å². The Balaban J connectivity index is 2.29. The normalized spacial score (nSPS) is 16.5. The average molecular weight is 463 g/mol. The zero-order chi connectivity index (χ0) is 22.0. The number of nitrogens with zero attached hydrogens (tertiary/aromatic N) is 2. The number of nitriles is 1. The lowest BCUT2D eigenvalue weighted by molar-refractivity contribution is -0.138. The van der Waals surface area contributed by atoms with Gasteiger partial charge in [-0.15, -0.1) is 0 Å². The quantitative estimate of drug-likeness (QED) is 0.582. The number of benzene rings is 2. The molecule has 1 aliphatic heterocycles. The fourth-order valence-electron chi connectivity index (χ4n) is 3.49. The fraction of sp³-hybridized carbons (Fsp3) is 0.182. The Kier molecular flexibility index (Phi) is 6.62. The third-order valence-electron chi connectivity index (χ3n) is 4.79. The number of nitrogens with two attached hydrogens (primary N) is 1. The minimum absolute atomic E-state index is 0.179. The topological polar surface area (TPSA) is 79.3 Å². The standard InChI is InChI=1S/C22H18Cl3N3O2/c1-3-30-22(29)19-12(2)28(15-7-4-13(23)5-8-15)21(27)17(11-26)20(19)16-9-6-14(24)10-18(16)25/h4-10,20H,3,27H2,1-2H3/t20-/m0/s1. The van der Waals surface area contributed by atoms with E-state index in [1.807, 2.05) is 0 Å². The maximum atomic E-state index is 13.0. The fourth-order valence-corrected chi connectivity index (χ4v) is 4.13. The van der Waals surface area contributed by atoms with Gasteiger partial charge in [-0.2, -0.15) is 5.26 Å². The molecule has 0 unspecified atom stereocenters. The molecule has 0 saturated heterocycles. The molecule has 30 heavy (non-hydrogen) atoms. The number of hydrogen-bond acceptors (Lipinski definition) is 5. The van der Waals surface area contributed by atoms with Gasteiger partial charge in [-0.05, 0) is 55.8 Å². The highest BCUT2D eigenvalue weighted by Crippen LogP contribution is 2.45. The van der Waals surface area contributed by atoms with E-state index in [1.165, 1.54) is 0 Å². The number of rotatable bonds is 4. The van der Waals surface area contributed by atoms with Crippen molar-refractivity contribution in [1.82, 2.24) is 0 Å². The van der Waals surface area contributed by atoms with Gasteiger partial charge in [0.2, 0.25) is 0 Å². The molecule has 1 heterocycles. The number of carbonyl (C=O) groups excluding carboxylic acids is 1. The van der Waals surface area contributed by atoms with Gasteiger partial charge >= 0.3 is 5.97 Å². The summed E-state index contributed by atoms with van der Waals surface area (Å²) in [6, 6.07) is 14.0. The van der Waals surface area contributed by atoms with Crippen LogP contribution in [-0.4, -0.2) is 12.6 Å². The Morgan fingerprint density at radius 3 is 2.37 bits per heavy atom. The summed E-state index contributed by atoms with van der Waals surface area (Å²) in [5.41, 5.74) is 8.62. The number of ether oxygens (including phenoxy) is 1. The number of carbonyl (C=O) groups is 1. The maximum absolute atomic E-state index is 13.0. The van der Waals surface area contributed by atoms with Gasteiger partial charge in [0.15, 0.2) is 0 Å². The van der Waals surface area contributed by atoms with Crippen molar-refractivity contribution in [3.8, 4) is 6.07 Å². The predicted molar refractivity (Wildman–Crippen MR) is 119 cm³/mol. The summed E-state index contributed by atoms with van der Waals surface area (Å²) in [6.07, 6.45) is 0. The number of allylic oxidation sites excluding steroid dienone is 2. The lowest BCUT2D eigenvalue weighted by atomic mass is 9.81. The lowest BCUT2D eigenvalue weighted by Crippen LogP contribution is -2.36. The molecule has 154 valence electrons. The van der Waals surface area contributed by atoms with E-state index >= 15 is 0 Å². The van der Waals surface area contributed by atoms with Crippen molar-refractivity contribution in [1.29, 1.82) is 5.26 Å². The minimum Gasteiger partial charge on any atom is -0.463 e. The largest absolute Gasteiger partial charge is 0.463 e. The molecule has 1 atom stereocenters. The smallest absolute Gasteiger partial charge is 0.336 e. The first kappa shape index (κ1) is 22.0. The third kappa shape index (κ3) is 3.99. The molecule has 0 amide bonds. The van der Waals surface area contributed by atoms with Crippen LogP contribution in [0.15, 0.2) is 65.1 Å². The molecule has 2 aromatic carbocycles. The molecule has 3 rings (SSSR count). The van der Waals surface area contributed by atoms with Crippen molar-refractivity contribution in [3.63, 3.8) is 0 Å². The van der Waals surface area contributed by atoms with Crippen LogP contribution in [0, 0.1) is 11.3 Å². The molecule has 2 N–H and O–H groups in total. The van der Waals surface area contributed by atoms with E-state index in [0.29, 0.717) is 32.0 Å². The monoisotopic (exact) mass is 461 g/mol. The Labute approximate surface area is 189 Å². The van der Waals surface area contributed by atoms with E-state index in [1.54, 1.807) is 61.2 Å². The van der Waals surface area contributed by atoms with Crippen LogP contribution < -0.4 is 10.6 Å². The van der Waals surface area contributed by atoms with E-state index in [2.05, 4.69) is 6.07 Å². The number of esters is 1. The SMILES string of the molecule is CCOC(=O)C1=C(C)N(c2ccc(Cl)cc2)C(N)=C(C#N)[C@@H]1c1ccc(Cl)cc1Cl. The highest BCUT2D eigenvalue weighted by atomic mass is 35.5. The van der Waals surface area contributed by atoms with E-state index in [9.17, 15) is 10.1 Å². The first-order valence-electron chi connectivity index (χ1n) is 9.08. The first-order chi connectivity index (χ1) is 14.3. The van der Waals surface area contributed by atoms with Crippen LogP contribution in [0.1, 0.15) is 25.3 Å². The van der Waals surface area contributed by atoms with E-state index in [-0.39, 0.29) is 23.6 Å². The molecule has 1 aliphatic rings. The summed E-state index contributed by atoms with van der Waals surface area (Å²) in [7, 11) is 0. The van der Waals surface area contributed by atoms with Gasteiger partial charge in [0.1, 0.15) is 5.82 Å². The van der Waals surface area contributed by atoms with Crippen LogP contribution in [-0.2, 0) is 9.53 Å². The molecule has 0 radical (unpaired) electrons. The molecule has 5 nitrogen and oxygen atoms in total. The van der Waals surface area contributed by atoms with Crippen LogP contribution in [0.3, 0.4) is 0 Å². The second-order valence-electron chi connectivity index (χ2n) is 6.54. The minimum atomic E-state index is -0.789. The van der Waals surface area contributed by atoms with Gasteiger partial charge in [-0.3, -0.25) is 4.90 Å². The van der Waals surface area contributed by atoms with Gasteiger partial charge in [0.25, 0.3) is 0 Å². The summed E-state index contributed by atoms with van der Waals surface area (Å²) < 4.78 is 5.31. The zero-order valence-corrected chi connectivity index (χ0v) is 18.5. The summed E-state index contributed by atoms with van der Waals surface area (Å²) in [4.78, 5) is 14.6. The number of anilines is 1. The number of halogens is 3. The van der Waals surface area contributed by atoms with Crippen LogP contribution in [0.4, 0.5) is 5.69 Å². The molecular weight excluding hydrogens is 445 g/mol. The first-order valence-corrected chi connectivity index (χ1v) is 10.2. The van der Waals surface area contributed by atoms with Crippen molar-refractivity contribution >= 4 is 46.5 Å². The van der Waals surface area contributed by atoms with E-state index in [0.717, 1.165) is 0 Å². The molecular formula is C22H18Cl3N3O2. The predicted octanol–water partition coefficient (Wildman–Crippen LogP) is 5.78. The molecule has 0 bridgehead atoms. The third-order valence-corrected chi connectivity index (χ3v) is 5.61. The van der Waals surface area contributed by atoms with Gasteiger partial charge in [0, 0.05) is 26.5 Å². The summed E-state index contributed by atoms with van der Waals surface area (Å²) in [6.45, 7) is 3.64. The van der Waals surface area contributed by atoms with Gasteiger partial charge in [-0.25, -0.2) is 4.79 Å². The molecule has 0 aromatic heterocycles. The van der Waals surface area contributed by atoms with Crippen LogP contribution >= 0.6 is 34.8 Å². The summed E-state index contributed by atoms with van der Waals surface area (Å²) in [5, 5.41) is 11.3. The highest BCUT2D eigenvalue weighted by molar-refractivity contribution is 6.35. The molecule has 0 saturated carbocycles. The van der Waals surface area contributed by atoms with Crippen molar-refractivity contribution in [2.24, 2.45) is 5.73 Å². The second-order valence-corrected chi connectivity index (χ2v) is 7.82. The van der Waals surface area contributed by atoms with Gasteiger partial charge in [0.05, 0.1) is 29.7 Å². The Bertz CT molecular complexity index is 1100. The van der Waals surface area contributed by atoms with Gasteiger partial charge in [-0.1, -0.05) is 40.9 Å². The summed E-state index contributed by atoms with van der Waals surface area (Å²) in [5.74, 6) is -1.14. The van der Waals surface area contributed by atoms with Crippen molar-refractivity contribution in [2.75, 3.05) is 11.5 Å². The molecule has 2 aromatic rings. The summed E-state index contributed by atoms with van der Waals surface area (Å²) >= 11 is 18.5. The Morgan fingerprint density at radius 2 is 1.80 bits per heavy atom. The van der Waals surface area contributed by atoms with Crippen molar-refractivity contribution < 1.29 is 9.53 Å². The molecule has 0 aliphatic carbocycles. The van der Waals surface area contributed by atoms with Crippen LogP contribution in [0.25, 0.3) is 0 Å². The van der Waals surface area contributed by atoms with Crippen LogP contribution in [0.5, 0.6) is 0 Å². The number of hydrogen-bond donors (Lipinski definition) is 1. The Morgan fingerprint density at radius 1 is 1.17 bits per heavy atom. The lowest BCUT2D eigenvalue weighted by Gasteiger charge is -2.36. The van der Waals surface area contributed by atoms with Crippen molar-refractivity contribution in [2.45, 2.75) is 19.8 Å². The van der Waals surface area contributed by atoms with Crippen molar-refractivity contribution in [3.05, 3.63) is 85.8 Å². The zero-order valence-electron chi connectivity index (χ0n) is 16.2. The highest BCUT2D eigenvalue weighted by Gasteiger charge is 2.39. The Hall–Kier alpha value is -2.65. The molecule has 8 heteroatoms. The van der Waals surface area contributed by atoms with E-state index < -0.39 is 11.9 Å². The van der Waals surface area contributed by atoms with E-state index in [4.69, 9.17) is 45.3 Å². The molecule has 0 fully saturated rings. The average Bonchev–Trinajstić information content (AvgIpc) is 2.69. The maximum Gasteiger partial charge on any atom is 0.336 e. The second kappa shape index (κ2) is 9.01.